The van der Waals surface area contributed by atoms with Gasteiger partial charge in [-0.3, -0.25) is 9.59 Å². The zero-order valence-electron chi connectivity index (χ0n) is 11.9. The summed E-state index contributed by atoms with van der Waals surface area (Å²) in [5, 5.41) is 0. The monoisotopic (exact) mass is 250 g/mol. The van der Waals surface area contributed by atoms with E-state index in [1.807, 2.05) is 6.08 Å². The second kappa shape index (κ2) is 5.51. The van der Waals surface area contributed by atoms with Crippen LogP contribution in [0.4, 0.5) is 0 Å². The first kappa shape index (κ1) is 14.7. The number of ketones is 1. The second-order valence-corrected chi connectivity index (χ2v) is 5.50. The topological polar surface area (TPSA) is 43.4 Å². The van der Waals surface area contributed by atoms with Crippen LogP contribution < -0.4 is 0 Å². The fourth-order valence-corrected chi connectivity index (χ4v) is 2.53. The Kier molecular flexibility index (Phi) is 4.49. The molecule has 1 atom stereocenters. The molecule has 0 N–H and O–H groups in total. The van der Waals surface area contributed by atoms with Crippen molar-refractivity contribution in [2.24, 2.45) is 5.41 Å². The van der Waals surface area contributed by atoms with Crippen molar-refractivity contribution in [1.82, 2.24) is 0 Å². The Morgan fingerprint density at radius 1 is 1.33 bits per heavy atom. The SMILES string of the molecule is CC(=O)/C=C/C1=C(C)CCC(OC(C)=O)C1(C)C. The molecule has 1 unspecified atom stereocenters. The van der Waals surface area contributed by atoms with Crippen LogP contribution in [0.15, 0.2) is 23.3 Å². The number of allylic oxidation sites excluding steroid dienone is 3. The van der Waals surface area contributed by atoms with E-state index in [4.69, 9.17) is 4.74 Å². The molecule has 1 rings (SSSR count). The van der Waals surface area contributed by atoms with Gasteiger partial charge in [0.15, 0.2) is 5.78 Å². The number of hydrogen-bond donors (Lipinski definition) is 0. The maximum absolute atomic E-state index is 11.1. The van der Waals surface area contributed by atoms with Crippen molar-refractivity contribution in [2.45, 2.75) is 53.6 Å². The molecule has 0 heterocycles. The highest BCUT2D eigenvalue weighted by atomic mass is 16.5. The Morgan fingerprint density at radius 2 is 1.94 bits per heavy atom. The van der Waals surface area contributed by atoms with Gasteiger partial charge < -0.3 is 4.74 Å². The molecule has 3 heteroatoms. The van der Waals surface area contributed by atoms with Gasteiger partial charge in [0, 0.05) is 12.3 Å². The molecule has 1 aliphatic rings. The van der Waals surface area contributed by atoms with Gasteiger partial charge in [-0.15, -0.1) is 0 Å². The molecule has 0 bridgehead atoms. The van der Waals surface area contributed by atoms with E-state index >= 15 is 0 Å². The lowest BCUT2D eigenvalue weighted by atomic mass is 9.70. The van der Waals surface area contributed by atoms with E-state index in [-0.39, 0.29) is 23.3 Å². The van der Waals surface area contributed by atoms with E-state index in [2.05, 4.69) is 20.8 Å². The Bertz CT molecular complexity index is 413. The minimum absolute atomic E-state index is 0.0284. The molecule has 0 radical (unpaired) electrons. The quantitative estimate of drug-likeness (QED) is 0.570. The molecule has 3 nitrogen and oxygen atoms in total. The van der Waals surface area contributed by atoms with Crippen LogP contribution >= 0.6 is 0 Å². The molecular weight excluding hydrogens is 228 g/mol. The van der Waals surface area contributed by atoms with Crippen molar-refractivity contribution in [3.63, 3.8) is 0 Å². The zero-order valence-corrected chi connectivity index (χ0v) is 11.9. The molecule has 0 saturated heterocycles. The Morgan fingerprint density at radius 3 is 2.44 bits per heavy atom. The van der Waals surface area contributed by atoms with Crippen molar-refractivity contribution in [2.75, 3.05) is 0 Å². The van der Waals surface area contributed by atoms with E-state index in [0.717, 1.165) is 18.4 Å². The lowest BCUT2D eigenvalue weighted by Crippen LogP contribution is -2.38. The van der Waals surface area contributed by atoms with E-state index in [1.54, 1.807) is 6.08 Å². The van der Waals surface area contributed by atoms with Gasteiger partial charge in [-0.05, 0) is 38.3 Å². The average Bonchev–Trinajstić information content (AvgIpc) is 2.21. The number of rotatable bonds is 3. The van der Waals surface area contributed by atoms with E-state index in [1.165, 1.54) is 19.4 Å². The summed E-state index contributed by atoms with van der Waals surface area (Å²) >= 11 is 0. The van der Waals surface area contributed by atoms with Gasteiger partial charge in [0.25, 0.3) is 0 Å². The van der Waals surface area contributed by atoms with Crippen LogP contribution in [0.1, 0.15) is 47.5 Å². The summed E-state index contributed by atoms with van der Waals surface area (Å²) in [4.78, 5) is 22.2. The van der Waals surface area contributed by atoms with Crippen molar-refractivity contribution in [3.8, 4) is 0 Å². The molecule has 0 saturated carbocycles. The highest BCUT2D eigenvalue weighted by Crippen LogP contribution is 2.42. The summed E-state index contributed by atoms with van der Waals surface area (Å²) in [6.45, 7) is 9.16. The molecule has 100 valence electrons. The van der Waals surface area contributed by atoms with Crippen LogP contribution in [0.5, 0.6) is 0 Å². The van der Waals surface area contributed by atoms with Gasteiger partial charge in [-0.25, -0.2) is 0 Å². The van der Waals surface area contributed by atoms with Gasteiger partial charge in [-0.2, -0.15) is 0 Å². The number of hydrogen-bond acceptors (Lipinski definition) is 3. The van der Waals surface area contributed by atoms with Crippen molar-refractivity contribution >= 4 is 11.8 Å². The third-order valence-corrected chi connectivity index (χ3v) is 3.53. The first-order valence-electron chi connectivity index (χ1n) is 6.31. The number of esters is 1. The molecule has 0 amide bonds. The van der Waals surface area contributed by atoms with Crippen LogP contribution in [0.3, 0.4) is 0 Å². The standard InChI is InChI=1S/C15H22O3/c1-10-6-9-14(18-12(3)17)15(4,5)13(10)8-7-11(2)16/h7-8,14H,6,9H2,1-5H3/b8-7+. The van der Waals surface area contributed by atoms with Gasteiger partial charge in [0.05, 0.1) is 0 Å². The largest absolute Gasteiger partial charge is 0.462 e. The lowest BCUT2D eigenvalue weighted by Gasteiger charge is -2.39. The molecule has 0 aliphatic heterocycles. The summed E-state index contributed by atoms with van der Waals surface area (Å²) in [6.07, 6.45) is 5.07. The van der Waals surface area contributed by atoms with Crippen LogP contribution in [-0.4, -0.2) is 17.9 Å². The first-order valence-corrected chi connectivity index (χ1v) is 6.31. The van der Waals surface area contributed by atoms with Gasteiger partial charge in [0.2, 0.25) is 0 Å². The molecule has 0 aromatic heterocycles. The third kappa shape index (κ3) is 3.31. The van der Waals surface area contributed by atoms with Crippen molar-refractivity contribution in [1.29, 1.82) is 0 Å². The molecule has 18 heavy (non-hydrogen) atoms. The predicted molar refractivity (Wildman–Crippen MR) is 71.1 cm³/mol. The molecule has 0 spiro atoms. The summed E-state index contributed by atoms with van der Waals surface area (Å²) in [7, 11) is 0. The fraction of sp³-hybridized carbons (Fsp3) is 0.600. The molecule has 0 fully saturated rings. The fourth-order valence-electron chi connectivity index (χ4n) is 2.53. The molecule has 1 aliphatic carbocycles. The van der Waals surface area contributed by atoms with Crippen LogP contribution in [-0.2, 0) is 14.3 Å². The summed E-state index contributed by atoms with van der Waals surface area (Å²) in [6, 6.07) is 0. The Labute approximate surface area is 109 Å². The molecule has 0 aromatic carbocycles. The smallest absolute Gasteiger partial charge is 0.302 e. The average molecular weight is 250 g/mol. The first-order chi connectivity index (χ1) is 8.25. The predicted octanol–water partition coefficient (Wildman–Crippen LogP) is 3.20. The summed E-state index contributed by atoms with van der Waals surface area (Å²) < 4.78 is 5.40. The van der Waals surface area contributed by atoms with Crippen LogP contribution in [0, 0.1) is 5.41 Å². The van der Waals surface area contributed by atoms with Crippen LogP contribution in [0.2, 0.25) is 0 Å². The Balaban J connectivity index is 3.05. The number of ether oxygens (including phenoxy) is 1. The zero-order chi connectivity index (χ0) is 13.9. The molecule has 0 aromatic rings. The van der Waals surface area contributed by atoms with Crippen molar-refractivity contribution in [3.05, 3.63) is 23.3 Å². The summed E-state index contributed by atoms with van der Waals surface area (Å²) in [5.74, 6) is -0.219. The van der Waals surface area contributed by atoms with E-state index in [0.29, 0.717) is 0 Å². The maximum Gasteiger partial charge on any atom is 0.302 e. The highest BCUT2D eigenvalue weighted by Gasteiger charge is 2.38. The van der Waals surface area contributed by atoms with Gasteiger partial charge >= 0.3 is 5.97 Å². The summed E-state index contributed by atoms with van der Waals surface area (Å²) in [5.41, 5.74) is 2.12. The minimum Gasteiger partial charge on any atom is -0.462 e. The van der Waals surface area contributed by atoms with E-state index < -0.39 is 0 Å². The normalized spacial score (nSPS) is 23.3. The molecular formula is C15H22O3. The third-order valence-electron chi connectivity index (χ3n) is 3.53. The number of carbonyl (C=O) groups is 2. The van der Waals surface area contributed by atoms with Gasteiger partial charge in [-0.1, -0.05) is 25.5 Å². The van der Waals surface area contributed by atoms with Gasteiger partial charge in [0.1, 0.15) is 6.10 Å². The number of carbonyl (C=O) groups excluding carboxylic acids is 2. The minimum atomic E-state index is -0.250. The highest BCUT2D eigenvalue weighted by molar-refractivity contribution is 5.87. The van der Waals surface area contributed by atoms with Crippen LogP contribution in [0.25, 0.3) is 0 Å². The lowest BCUT2D eigenvalue weighted by molar-refractivity contribution is -0.152. The second-order valence-electron chi connectivity index (χ2n) is 5.50. The van der Waals surface area contributed by atoms with Crippen molar-refractivity contribution < 1.29 is 14.3 Å². The van der Waals surface area contributed by atoms with E-state index in [9.17, 15) is 9.59 Å². The Hall–Kier alpha value is -1.38. The maximum atomic E-state index is 11.1.